The summed E-state index contributed by atoms with van der Waals surface area (Å²) in [6, 6.07) is 20.3. The maximum atomic E-state index is 13.1. The summed E-state index contributed by atoms with van der Waals surface area (Å²) in [6.45, 7) is 1.85. The van der Waals surface area contributed by atoms with Crippen molar-refractivity contribution in [2.45, 2.75) is 49.6 Å². The molecule has 3 aromatic rings. The third-order valence-electron chi connectivity index (χ3n) is 6.61. The molecule has 37 heavy (non-hydrogen) atoms. The fourth-order valence-corrected chi connectivity index (χ4v) is 5.74. The zero-order valence-electron chi connectivity index (χ0n) is 20.5. The summed E-state index contributed by atoms with van der Waals surface area (Å²) in [7, 11) is -3.75. The van der Waals surface area contributed by atoms with Crippen molar-refractivity contribution in [3.8, 4) is 0 Å². The molecule has 0 unspecified atom stereocenters. The van der Waals surface area contributed by atoms with E-state index in [0.29, 0.717) is 36.9 Å². The second kappa shape index (κ2) is 11.7. The van der Waals surface area contributed by atoms with E-state index < -0.39 is 10.0 Å². The molecule has 4 rings (SSSR count). The van der Waals surface area contributed by atoms with Gasteiger partial charge in [-0.25, -0.2) is 17.5 Å². The molecule has 1 aliphatic carbocycles. The number of carbonyl (C=O) groups is 2. The molecule has 3 N–H and O–H groups in total. The van der Waals surface area contributed by atoms with Crippen LogP contribution in [0.3, 0.4) is 0 Å². The second-order valence-corrected chi connectivity index (χ2v) is 11.0. The Balaban J connectivity index is 1.27. The lowest BCUT2D eigenvalue weighted by Gasteiger charge is -2.29. The van der Waals surface area contributed by atoms with Gasteiger partial charge < -0.3 is 10.6 Å². The van der Waals surface area contributed by atoms with Crippen LogP contribution in [0.25, 0.3) is 0 Å². The van der Waals surface area contributed by atoms with Crippen molar-refractivity contribution >= 4 is 27.5 Å². The molecular weight excluding hydrogens is 493 g/mol. The van der Waals surface area contributed by atoms with Crippen LogP contribution in [0, 0.1) is 11.7 Å². The SMILES string of the molecule is C[C@@H](NC(=O)C1CCC(NS(=O)(=O)c2ccc(NC(=O)c3ccccc3)cc2)CC1)c1ccc(F)cc1. The van der Waals surface area contributed by atoms with Crippen LogP contribution in [0.1, 0.15) is 54.6 Å². The van der Waals surface area contributed by atoms with Crippen molar-refractivity contribution in [1.29, 1.82) is 0 Å². The minimum absolute atomic E-state index is 0.0775. The molecule has 7 nitrogen and oxygen atoms in total. The van der Waals surface area contributed by atoms with E-state index in [1.807, 2.05) is 13.0 Å². The van der Waals surface area contributed by atoms with Gasteiger partial charge in [0.15, 0.2) is 0 Å². The highest BCUT2D eigenvalue weighted by Gasteiger charge is 2.29. The van der Waals surface area contributed by atoms with Crippen LogP contribution in [-0.2, 0) is 14.8 Å². The predicted octanol–water partition coefficient (Wildman–Crippen LogP) is 4.79. The quantitative estimate of drug-likeness (QED) is 0.395. The maximum Gasteiger partial charge on any atom is 0.255 e. The molecule has 3 aromatic carbocycles. The number of carbonyl (C=O) groups excluding carboxylic acids is 2. The van der Waals surface area contributed by atoms with E-state index in [4.69, 9.17) is 0 Å². The van der Waals surface area contributed by atoms with Crippen LogP contribution in [0.15, 0.2) is 83.8 Å². The van der Waals surface area contributed by atoms with Crippen LogP contribution in [0.4, 0.5) is 10.1 Å². The summed E-state index contributed by atoms with van der Waals surface area (Å²) in [5.41, 5.74) is 1.83. The van der Waals surface area contributed by atoms with Gasteiger partial charge in [0.25, 0.3) is 5.91 Å². The molecule has 194 valence electrons. The van der Waals surface area contributed by atoms with Crippen LogP contribution >= 0.6 is 0 Å². The summed E-state index contributed by atoms with van der Waals surface area (Å²) >= 11 is 0. The fourth-order valence-electron chi connectivity index (χ4n) is 4.44. The molecule has 0 bridgehead atoms. The first-order valence-electron chi connectivity index (χ1n) is 12.3. The zero-order chi connectivity index (χ0) is 26.4. The fraction of sp³-hybridized carbons (Fsp3) is 0.286. The van der Waals surface area contributed by atoms with Crippen molar-refractivity contribution < 1.29 is 22.4 Å². The Morgan fingerprint density at radius 3 is 2.11 bits per heavy atom. The van der Waals surface area contributed by atoms with E-state index >= 15 is 0 Å². The number of hydrogen-bond acceptors (Lipinski definition) is 4. The Morgan fingerprint density at radius 1 is 0.865 bits per heavy atom. The van der Waals surface area contributed by atoms with Crippen LogP contribution in [0.2, 0.25) is 0 Å². The third-order valence-corrected chi connectivity index (χ3v) is 8.14. The number of nitrogens with one attached hydrogen (secondary N) is 3. The summed E-state index contributed by atoms with van der Waals surface area (Å²) in [5, 5.41) is 5.72. The van der Waals surface area contributed by atoms with Gasteiger partial charge in [-0.05, 0) is 86.7 Å². The third kappa shape index (κ3) is 7.02. The molecule has 0 aromatic heterocycles. The number of amides is 2. The molecule has 0 spiro atoms. The lowest BCUT2D eigenvalue weighted by Crippen LogP contribution is -2.41. The topological polar surface area (TPSA) is 104 Å². The Bertz CT molecular complexity index is 1320. The van der Waals surface area contributed by atoms with Gasteiger partial charge in [-0.15, -0.1) is 0 Å². The molecule has 0 radical (unpaired) electrons. The van der Waals surface area contributed by atoms with E-state index in [9.17, 15) is 22.4 Å². The molecule has 1 fully saturated rings. The first-order valence-corrected chi connectivity index (χ1v) is 13.7. The van der Waals surface area contributed by atoms with Crippen molar-refractivity contribution in [1.82, 2.24) is 10.0 Å². The highest BCUT2D eigenvalue weighted by Crippen LogP contribution is 2.27. The molecule has 1 aliphatic rings. The lowest BCUT2D eigenvalue weighted by atomic mass is 9.85. The molecule has 2 amide bonds. The molecule has 1 saturated carbocycles. The van der Waals surface area contributed by atoms with Crippen molar-refractivity contribution in [2.24, 2.45) is 5.92 Å². The summed E-state index contributed by atoms with van der Waals surface area (Å²) < 4.78 is 41.7. The minimum atomic E-state index is -3.75. The molecular formula is C28H30FN3O4S. The Hall–Kier alpha value is -3.56. The molecule has 0 heterocycles. The molecule has 1 atom stereocenters. The van der Waals surface area contributed by atoms with Gasteiger partial charge in [0.2, 0.25) is 15.9 Å². The Kier molecular flexibility index (Phi) is 8.35. The van der Waals surface area contributed by atoms with Gasteiger partial charge in [0.05, 0.1) is 10.9 Å². The maximum absolute atomic E-state index is 13.1. The minimum Gasteiger partial charge on any atom is -0.349 e. The number of hydrogen-bond donors (Lipinski definition) is 3. The lowest BCUT2D eigenvalue weighted by molar-refractivity contribution is -0.126. The molecule has 0 saturated heterocycles. The number of halogens is 1. The normalized spacial score (nSPS) is 18.5. The number of sulfonamides is 1. The van der Waals surface area contributed by atoms with E-state index in [0.717, 1.165) is 5.56 Å². The first-order chi connectivity index (χ1) is 17.7. The van der Waals surface area contributed by atoms with Crippen LogP contribution in [-0.4, -0.2) is 26.3 Å². The second-order valence-electron chi connectivity index (χ2n) is 9.30. The summed E-state index contributed by atoms with van der Waals surface area (Å²) in [4.78, 5) is 25.1. The van der Waals surface area contributed by atoms with Gasteiger partial charge in [-0.1, -0.05) is 30.3 Å². The zero-order valence-corrected chi connectivity index (χ0v) is 21.3. The summed E-state index contributed by atoms with van der Waals surface area (Å²) in [6.07, 6.45) is 2.24. The van der Waals surface area contributed by atoms with E-state index in [1.54, 1.807) is 48.5 Å². The number of anilines is 1. The first kappa shape index (κ1) is 26.5. The van der Waals surface area contributed by atoms with Gasteiger partial charge >= 0.3 is 0 Å². The largest absolute Gasteiger partial charge is 0.349 e. The van der Waals surface area contributed by atoms with E-state index in [2.05, 4.69) is 15.4 Å². The number of benzene rings is 3. The average molecular weight is 524 g/mol. The van der Waals surface area contributed by atoms with E-state index in [1.165, 1.54) is 24.3 Å². The van der Waals surface area contributed by atoms with Gasteiger partial charge in [-0.2, -0.15) is 0 Å². The van der Waals surface area contributed by atoms with E-state index in [-0.39, 0.29) is 40.5 Å². The predicted molar refractivity (Wildman–Crippen MR) is 140 cm³/mol. The average Bonchev–Trinajstić information content (AvgIpc) is 2.90. The highest BCUT2D eigenvalue weighted by atomic mass is 32.2. The van der Waals surface area contributed by atoms with Crippen molar-refractivity contribution in [3.63, 3.8) is 0 Å². The van der Waals surface area contributed by atoms with Crippen molar-refractivity contribution in [2.75, 3.05) is 5.32 Å². The van der Waals surface area contributed by atoms with Gasteiger partial charge in [-0.3, -0.25) is 9.59 Å². The standard InChI is InChI=1S/C28H30FN3O4S/c1-19(20-7-11-23(29)12-8-20)30-27(33)22-9-13-25(14-10-22)32-37(35,36)26-17-15-24(16-18-26)31-28(34)21-5-3-2-4-6-21/h2-8,11-12,15-19,22,25,32H,9-10,13-14H2,1H3,(H,30,33)(H,31,34)/t19-,22?,25?/m1/s1. The van der Waals surface area contributed by atoms with Gasteiger partial charge in [0.1, 0.15) is 5.82 Å². The molecule has 9 heteroatoms. The Morgan fingerprint density at radius 2 is 1.49 bits per heavy atom. The van der Waals surface area contributed by atoms with Crippen molar-refractivity contribution in [3.05, 3.63) is 95.8 Å². The number of rotatable bonds is 8. The van der Waals surface area contributed by atoms with Crippen LogP contribution in [0.5, 0.6) is 0 Å². The summed E-state index contributed by atoms with van der Waals surface area (Å²) in [5.74, 6) is -0.876. The Labute approximate surface area is 216 Å². The highest BCUT2D eigenvalue weighted by molar-refractivity contribution is 7.89. The monoisotopic (exact) mass is 523 g/mol. The van der Waals surface area contributed by atoms with Crippen LogP contribution < -0.4 is 15.4 Å². The smallest absolute Gasteiger partial charge is 0.255 e. The van der Waals surface area contributed by atoms with Gasteiger partial charge in [0, 0.05) is 23.2 Å². The molecule has 0 aliphatic heterocycles.